The zero-order chi connectivity index (χ0) is 15.5. The van der Waals surface area contributed by atoms with Crippen LogP contribution in [0.25, 0.3) is 0 Å². The normalized spacial score (nSPS) is 25.8. The van der Waals surface area contributed by atoms with Crippen LogP contribution in [0.5, 0.6) is 0 Å². The molecule has 21 heavy (non-hydrogen) atoms. The third-order valence-electron chi connectivity index (χ3n) is 4.02. The van der Waals surface area contributed by atoms with Gasteiger partial charge in [-0.25, -0.2) is 4.72 Å². The van der Waals surface area contributed by atoms with Gasteiger partial charge in [0.15, 0.2) is 0 Å². The maximum Gasteiger partial charge on any atom is 0.317 e. The third-order valence-corrected chi connectivity index (χ3v) is 5.25. The lowest BCUT2D eigenvalue weighted by molar-refractivity contribution is -0.139. The van der Waals surface area contributed by atoms with Crippen LogP contribution < -0.4 is 9.44 Å². The lowest BCUT2D eigenvalue weighted by Crippen LogP contribution is -2.56. The van der Waals surface area contributed by atoms with E-state index >= 15 is 0 Å². The molecule has 0 bridgehead atoms. The van der Waals surface area contributed by atoms with Crippen molar-refractivity contribution in [3.8, 4) is 0 Å². The molecule has 0 aromatic carbocycles. The number of rotatable bonds is 10. The standard InChI is InChI=1S/C13H25N3O4S/c1-2-5-14-21(19,20)15-11-6-12(7-11)16(9-13(17)18)8-10-3-4-10/h10-12,14-15H,2-9H2,1H3,(H,17,18). The molecular weight excluding hydrogens is 294 g/mol. The minimum atomic E-state index is -3.42. The van der Waals surface area contributed by atoms with Gasteiger partial charge in [-0.3, -0.25) is 9.69 Å². The van der Waals surface area contributed by atoms with Crippen LogP contribution in [0, 0.1) is 5.92 Å². The topological polar surface area (TPSA) is 98.7 Å². The highest BCUT2D eigenvalue weighted by atomic mass is 32.2. The van der Waals surface area contributed by atoms with Gasteiger partial charge in [-0.2, -0.15) is 13.1 Å². The Kier molecular flexibility index (Phi) is 5.59. The molecular formula is C13H25N3O4S. The lowest BCUT2D eigenvalue weighted by Gasteiger charge is -2.42. The number of carboxylic acids is 1. The minimum absolute atomic E-state index is 0.0503. The molecule has 2 aliphatic rings. The second-order valence-electron chi connectivity index (χ2n) is 6.10. The van der Waals surface area contributed by atoms with E-state index in [0.29, 0.717) is 25.3 Å². The van der Waals surface area contributed by atoms with Gasteiger partial charge >= 0.3 is 5.97 Å². The fourth-order valence-electron chi connectivity index (χ4n) is 2.63. The van der Waals surface area contributed by atoms with Gasteiger partial charge in [0.25, 0.3) is 10.2 Å². The largest absolute Gasteiger partial charge is 0.480 e. The molecule has 0 aromatic rings. The van der Waals surface area contributed by atoms with Gasteiger partial charge in [0, 0.05) is 25.2 Å². The molecule has 0 aliphatic heterocycles. The highest BCUT2D eigenvalue weighted by Crippen LogP contribution is 2.33. The summed E-state index contributed by atoms with van der Waals surface area (Å²) >= 11 is 0. The maximum atomic E-state index is 11.7. The van der Waals surface area contributed by atoms with Crippen molar-refractivity contribution in [1.82, 2.24) is 14.3 Å². The van der Waals surface area contributed by atoms with Crippen molar-refractivity contribution in [2.75, 3.05) is 19.6 Å². The number of hydrogen-bond acceptors (Lipinski definition) is 4. The molecule has 0 aromatic heterocycles. The summed E-state index contributed by atoms with van der Waals surface area (Å²) in [6.45, 7) is 3.21. The van der Waals surface area contributed by atoms with Crippen LogP contribution in [-0.4, -0.2) is 56.1 Å². The Hall–Kier alpha value is -0.700. The van der Waals surface area contributed by atoms with Gasteiger partial charge in [0.1, 0.15) is 0 Å². The second kappa shape index (κ2) is 7.04. The summed E-state index contributed by atoms with van der Waals surface area (Å²) in [7, 11) is -3.42. The summed E-state index contributed by atoms with van der Waals surface area (Å²) in [4.78, 5) is 12.9. The molecule has 0 unspecified atom stereocenters. The molecule has 0 atom stereocenters. The highest BCUT2D eigenvalue weighted by molar-refractivity contribution is 7.87. The lowest BCUT2D eigenvalue weighted by atomic mass is 9.86. The average Bonchev–Trinajstić information content (AvgIpc) is 3.13. The third kappa shape index (κ3) is 5.54. The van der Waals surface area contributed by atoms with Crippen molar-refractivity contribution < 1.29 is 18.3 Å². The van der Waals surface area contributed by atoms with Crippen molar-refractivity contribution in [2.24, 2.45) is 5.92 Å². The second-order valence-corrected chi connectivity index (χ2v) is 7.64. The molecule has 0 spiro atoms. The number of nitrogens with zero attached hydrogens (tertiary/aromatic N) is 1. The average molecular weight is 319 g/mol. The molecule has 2 rings (SSSR count). The summed E-state index contributed by atoms with van der Waals surface area (Å²) in [5.74, 6) is -0.185. The molecule has 3 N–H and O–H groups in total. The molecule has 8 heteroatoms. The van der Waals surface area contributed by atoms with E-state index in [0.717, 1.165) is 13.0 Å². The predicted molar refractivity (Wildman–Crippen MR) is 79.1 cm³/mol. The van der Waals surface area contributed by atoms with E-state index in [1.807, 2.05) is 11.8 Å². The van der Waals surface area contributed by atoms with Crippen LogP contribution in [0.15, 0.2) is 0 Å². The number of carbonyl (C=O) groups is 1. The van der Waals surface area contributed by atoms with E-state index in [4.69, 9.17) is 5.11 Å². The minimum Gasteiger partial charge on any atom is -0.480 e. The summed E-state index contributed by atoms with van der Waals surface area (Å²) in [5.41, 5.74) is 0. The van der Waals surface area contributed by atoms with E-state index < -0.39 is 16.2 Å². The number of hydrogen-bond donors (Lipinski definition) is 3. The van der Waals surface area contributed by atoms with Crippen LogP contribution in [0.2, 0.25) is 0 Å². The van der Waals surface area contributed by atoms with Crippen LogP contribution in [0.1, 0.15) is 39.0 Å². The van der Waals surface area contributed by atoms with Gasteiger partial charge in [-0.1, -0.05) is 6.92 Å². The Morgan fingerprint density at radius 1 is 1.33 bits per heavy atom. The summed E-state index contributed by atoms with van der Waals surface area (Å²) in [6, 6.07) is 0.0976. The number of nitrogens with one attached hydrogen (secondary N) is 2. The predicted octanol–water partition coefficient (Wildman–Crippen LogP) is 0.148. The van der Waals surface area contributed by atoms with Crippen molar-refractivity contribution >= 4 is 16.2 Å². The van der Waals surface area contributed by atoms with E-state index in [2.05, 4.69) is 9.44 Å². The first-order valence-corrected chi connectivity index (χ1v) is 9.10. The summed E-state index contributed by atoms with van der Waals surface area (Å²) in [6.07, 6.45) is 4.49. The molecule has 7 nitrogen and oxygen atoms in total. The maximum absolute atomic E-state index is 11.7. The molecule has 2 fully saturated rings. The van der Waals surface area contributed by atoms with E-state index in [1.165, 1.54) is 12.8 Å². The van der Waals surface area contributed by atoms with E-state index in [9.17, 15) is 13.2 Å². The number of aliphatic carboxylic acids is 1. The number of carboxylic acid groups (broad SMARTS) is 1. The molecule has 2 aliphatic carbocycles. The molecule has 2 saturated carbocycles. The fraction of sp³-hybridized carbons (Fsp3) is 0.923. The SMILES string of the molecule is CCCNS(=O)(=O)NC1CC(N(CC(=O)O)CC2CC2)C1. The molecule has 0 amide bonds. The Balaban J connectivity index is 1.76. The Morgan fingerprint density at radius 3 is 2.52 bits per heavy atom. The van der Waals surface area contributed by atoms with Crippen molar-refractivity contribution in [1.29, 1.82) is 0 Å². The van der Waals surface area contributed by atoms with E-state index in [1.54, 1.807) is 0 Å². The van der Waals surface area contributed by atoms with Gasteiger partial charge in [0.05, 0.1) is 6.54 Å². The van der Waals surface area contributed by atoms with Crippen LogP contribution in [0.4, 0.5) is 0 Å². The molecule has 122 valence electrons. The van der Waals surface area contributed by atoms with Crippen LogP contribution in [0.3, 0.4) is 0 Å². The van der Waals surface area contributed by atoms with Gasteiger partial charge in [-0.05, 0) is 38.0 Å². The fourth-order valence-corrected chi connectivity index (χ4v) is 3.82. The zero-order valence-electron chi connectivity index (χ0n) is 12.4. The first-order chi connectivity index (χ1) is 9.89. The molecule has 0 saturated heterocycles. The Bertz CT molecular complexity index is 458. The van der Waals surface area contributed by atoms with Gasteiger partial charge in [0.2, 0.25) is 0 Å². The Morgan fingerprint density at radius 2 is 2.00 bits per heavy atom. The summed E-state index contributed by atoms with van der Waals surface area (Å²) in [5, 5.41) is 8.97. The molecule has 0 radical (unpaired) electrons. The van der Waals surface area contributed by atoms with Gasteiger partial charge in [-0.15, -0.1) is 0 Å². The Labute approximate surface area is 126 Å². The van der Waals surface area contributed by atoms with Crippen molar-refractivity contribution in [3.63, 3.8) is 0 Å². The zero-order valence-corrected chi connectivity index (χ0v) is 13.2. The van der Waals surface area contributed by atoms with E-state index in [-0.39, 0.29) is 18.6 Å². The van der Waals surface area contributed by atoms with Crippen molar-refractivity contribution in [3.05, 3.63) is 0 Å². The molecule has 0 heterocycles. The van der Waals surface area contributed by atoms with Crippen molar-refractivity contribution in [2.45, 2.75) is 51.1 Å². The van der Waals surface area contributed by atoms with Gasteiger partial charge < -0.3 is 5.11 Å². The van der Waals surface area contributed by atoms with Crippen LogP contribution >= 0.6 is 0 Å². The smallest absolute Gasteiger partial charge is 0.317 e. The summed E-state index contributed by atoms with van der Waals surface area (Å²) < 4.78 is 28.5. The first kappa shape index (κ1) is 16.7. The highest BCUT2D eigenvalue weighted by Gasteiger charge is 2.38. The monoisotopic (exact) mass is 319 g/mol. The quantitative estimate of drug-likeness (QED) is 0.532. The van der Waals surface area contributed by atoms with Crippen LogP contribution in [-0.2, 0) is 15.0 Å². The first-order valence-electron chi connectivity index (χ1n) is 7.62.